The second kappa shape index (κ2) is 6.07. The molecule has 0 saturated heterocycles. The number of hydrogen-bond acceptors (Lipinski definition) is 4. The van der Waals surface area contributed by atoms with E-state index in [1.807, 2.05) is 48.5 Å². The minimum Gasteiger partial charge on any atom is -0.508 e. The molecule has 0 aromatic heterocycles. The number of anilines is 1. The van der Waals surface area contributed by atoms with Crippen LogP contribution in [0.5, 0.6) is 11.5 Å². The lowest BCUT2D eigenvalue weighted by Crippen LogP contribution is -2.41. The Morgan fingerprint density at radius 2 is 1.65 bits per heavy atom. The molecule has 130 valence electrons. The molecule has 3 aromatic rings. The number of phenols is 2. The Kier molecular flexibility index (Phi) is 3.85. The number of rotatable bonds is 3. The molecular formula is C21H16ClNO3. The van der Waals surface area contributed by atoms with Crippen molar-refractivity contribution in [2.75, 3.05) is 5.32 Å². The number of benzene rings is 3. The maximum absolute atomic E-state index is 13.4. The predicted octanol–water partition coefficient (Wildman–Crippen LogP) is 4.50. The number of carbonyl (C=O) groups is 1. The van der Waals surface area contributed by atoms with Gasteiger partial charge >= 0.3 is 0 Å². The van der Waals surface area contributed by atoms with Crippen LogP contribution in [0.4, 0.5) is 5.69 Å². The quantitative estimate of drug-likeness (QED) is 0.598. The summed E-state index contributed by atoms with van der Waals surface area (Å²) < 4.78 is 0. The van der Waals surface area contributed by atoms with Gasteiger partial charge < -0.3 is 15.5 Å². The highest BCUT2D eigenvalue weighted by molar-refractivity contribution is 6.32. The van der Waals surface area contributed by atoms with Gasteiger partial charge in [-0.15, -0.1) is 0 Å². The first-order valence-corrected chi connectivity index (χ1v) is 8.57. The van der Waals surface area contributed by atoms with Gasteiger partial charge in [-0.05, 0) is 23.8 Å². The molecule has 1 atom stereocenters. The Hall–Kier alpha value is -2.98. The summed E-state index contributed by atoms with van der Waals surface area (Å²) in [6, 6.07) is 19.4. The molecule has 3 aromatic carbocycles. The molecule has 1 heterocycles. The van der Waals surface area contributed by atoms with Crippen molar-refractivity contribution in [3.63, 3.8) is 0 Å². The highest BCUT2D eigenvalue weighted by Crippen LogP contribution is 2.44. The normalized spacial score (nSPS) is 18.4. The number of ketones is 1. The second-order valence-corrected chi connectivity index (χ2v) is 6.79. The van der Waals surface area contributed by atoms with Gasteiger partial charge in [-0.25, -0.2) is 0 Å². The maximum atomic E-state index is 13.4. The fourth-order valence-corrected chi connectivity index (χ4v) is 3.75. The standard InChI is InChI=1S/C21H16ClNO3/c22-17-11-15(24)10-13(19(17)25)12-21(14-6-2-1-3-7-14)20(26)16-8-4-5-9-18(16)23-21/h1-11,23-25H,12H2. The van der Waals surface area contributed by atoms with E-state index in [-0.39, 0.29) is 28.7 Å². The topological polar surface area (TPSA) is 69.6 Å². The number of para-hydroxylation sites is 1. The number of aromatic hydroxyl groups is 2. The molecule has 0 radical (unpaired) electrons. The van der Waals surface area contributed by atoms with E-state index in [2.05, 4.69) is 5.32 Å². The van der Waals surface area contributed by atoms with Crippen LogP contribution in [0.25, 0.3) is 0 Å². The number of nitrogens with one attached hydrogen (secondary N) is 1. The number of Topliss-reactive ketones (excluding diaryl/α,β-unsaturated/α-hetero) is 1. The minimum absolute atomic E-state index is 0.0474. The average molecular weight is 366 g/mol. The summed E-state index contributed by atoms with van der Waals surface area (Å²) in [6.45, 7) is 0. The van der Waals surface area contributed by atoms with Gasteiger partial charge in [-0.2, -0.15) is 0 Å². The van der Waals surface area contributed by atoms with Crippen LogP contribution in [-0.2, 0) is 12.0 Å². The SMILES string of the molecule is O=C1c2ccccc2NC1(Cc1cc(O)cc(Cl)c1O)c1ccccc1. The zero-order valence-electron chi connectivity index (χ0n) is 13.7. The Labute approximate surface area is 155 Å². The minimum atomic E-state index is -1.08. The van der Waals surface area contributed by atoms with Crippen molar-refractivity contribution in [3.05, 3.63) is 88.4 Å². The van der Waals surface area contributed by atoms with Crippen LogP contribution in [0.1, 0.15) is 21.5 Å². The van der Waals surface area contributed by atoms with Crippen molar-refractivity contribution in [3.8, 4) is 11.5 Å². The number of carbonyl (C=O) groups excluding carboxylic acids is 1. The maximum Gasteiger partial charge on any atom is 0.195 e. The van der Waals surface area contributed by atoms with E-state index < -0.39 is 5.54 Å². The lowest BCUT2D eigenvalue weighted by Gasteiger charge is -2.30. The monoisotopic (exact) mass is 365 g/mol. The lowest BCUT2D eigenvalue weighted by atomic mass is 9.80. The van der Waals surface area contributed by atoms with Crippen LogP contribution >= 0.6 is 11.6 Å². The van der Waals surface area contributed by atoms with Gasteiger partial charge in [-0.1, -0.05) is 54.1 Å². The summed E-state index contributed by atoms with van der Waals surface area (Å²) in [5.74, 6) is -0.280. The zero-order chi connectivity index (χ0) is 18.3. The van der Waals surface area contributed by atoms with Gasteiger partial charge in [0.1, 0.15) is 17.0 Å². The smallest absolute Gasteiger partial charge is 0.195 e. The first-order valence-electron chi connectivity index (χ1n) is 8.19. The Balaban J connectivity index is 1.89. The molecule has 26 heavy (non-hydrogen) atoms. The van der Waals surface area contributed by atoms with Crippen LogP contribution in [0.15, 0.2) is 66.7 Å². The molecule has 0 amide bonds. The summed E-state index contributed by atoms with van der Waals surface area (Å²) in [5.41, 5.74) is 1.43. The highest BCUT2D eigenvalue weighted by Gasteiger charge is 2.47. The molecule has 0 spiro atoms. The second-order valence-electron chi connectivity index (χ2n) is 6.38. The van der Waals surface area contributed by atoms with E-state index in [0.717, 1.165) is 11.3 Å². The van der Waals surface area contributed by atoms with E-state index >= 15 is 0 Å². The third-order valence-electron chi connectivity index (χ3n) is 4.76. The molecule has 0 aliphatic carbocycles. The van der Waals surface area contributed by atoms with Gasteiger partial charge in [0.25, 0.3) is 0 Å². The Bertz CT molecular complexity index is 1000. The Morgan fingerprint density at radius 1 is 0.962 bits per heavy atom. The van der Waals surface area contributed by atoms with E-state index in [1.54, 1.807) is 6.07 Å². The molecule has 0 bridgehead atoms. The first kappa shape index (κ1) is 16.5. The van der Waals surface area contributed by atoms with Gasteiger partial charge in [-0.3, -0.25) is 4.79 Å². The molecular weight excluding hydrogens is 350 g/mol. The molecule has 1 aliphatic heterocycles. The van der Waals surface area contributed by atoms with Crippen LogP contribution < -0.4 is 5.32 Å². The molecule has 3 N–H and O–H groups in total. The van der Waals surface area contributed by atoms with E-state index in [1.165, 1.54) is 12.1 Å². The summed E-state index contributed by atoms with van der Waals surface area (Å²) in [5, 5.41) is 23.6. The lowest BCUT2D eigenvalue weighted by molar-refractivity contribution is 0.0916. The largest absolute Gasteiger partial charge is 0.508 e. The van der Waals surface area contributed by atoms with Gasteiger partial charge in [0.05, 0.1) is 5.02 Å². The summed E-state index contributed by atoms with van der Waals surface area (Å²) in [6.07, 6.45) is 0.143. The molecule has 1 unspecified atom stereocenters. The van der Waals surface area contributed by atoms with Crippen molar-refractivity contribution in [2.24, 2.45) is 0 Å². The van der Waals surface area contributed by atoms with Gasteiger partial charge in [0.2, 0.25) is 0 Å². The molecule has 0 saturated carbocycles. The summed E-state index contributed by atoms with van der Waals surface area (Å²) >= 11 is 6.01. The van der Waals surface area contributed by atoms with Crippen molar-refractivity contribution >= 4 is 23.1 Å². The Morgan fingerprint density at radius 3 is 2.38 bits per heavy atom. The molecule has 4 rings (SSSR count). The third kappa shape index (κ3) is 2.50. The number of halogens is 1. The molecule has 1 aliphatic rings. The number of hydrogen-bond donors (Lipinski definition) is 3. The van der Waals surface area contributed by atoms with E-state index in [4.69, 9.17) is 11.6 Å². The van der Waals surface area contributed by atoms with Crippen LogP contribution in [0.3, 0.4) is 0 Å². The van der Waals surface area contributed by atoms with Crippen molar-refractivity contribution in [1.29, 1.82) is 0 Å². The fourth-order valence-electron chi connectivity index (χ4n) is 3.52. The molecule has 0 fully saturated rings. The van der Waals surface area contributed by atoms with Crippen LogP contribution in [0, 0.1) is 0 Å². The predicted molar refractivity (Wildman–Crippen MR) is 101 cm³/mol. The van der Waals surface area contributed by atoms with Crippen molar-refractivity contribution < 1.29 is 15.0 Å². The summed E-state index contributed by atoms with van der Waals surface area (Å²) in [7, 11) is 0. The highest BCUT2D eigenvalue weighted by atomic mass is 35.5. The van der Waals surface area contributed by atoms with Gasteiger partial charge in [0, 0.05) is 29.3 Å². The average Bonchev–Trinajstić information content (AvgIpc) is 2.93. The van der Waals surface area contributed by atoms with E-state index in [0.29, 0.717) is 11.1 Å². The van der Waals surface area contributed by atoms with Crippen molar-refractivity contribution in [1.82, 2.24) is 0 Å². The first-order chi connectivity index (χ1) is 12.5. The molecule has 4 nitrogen and oxygen atoms in total. The summed E-state index contributed by atoms with van der Waals surface area (Å²) in [4.78, 5) is 13.4. The van der Waals surface area contributed by atoms with Gasteiger partial charge in [0.15, 0.2) is 5.78 Å². The van der Waals surface area contributed by atoms with Crippen LogP contribution in [0.2, 0.25) is 5.02 Å². The van der Waals surface area contributed by atoms with E-state index in [9.17, 15) is 15.0 Å². The molecule has 5 heteroatoms. The number of phenolic OH excluding ortho intramolecular Hbond substituents is 2. The number of fused-ring (bicyclic) bond motifs is 1. The fraction of sp³-hybridized carbons (Fsp3) is 0.0952. The third-order valence-corrected chi connectivity index (χ3v) is 5.04. The zero-order valence-corrected chi connectivity index (χ0v) is 14.5. The van der Waals surface area contributed by atoms with Crippen LogP contribution in [-0.4, -0.2) is 16.0 Å². The van der Waals surface area contributed by atoms with Crippen molar-refractivity contribution in [2.45, 2.75) is 12.0 Å².